The van der Waals surface area contributed by atoms with E-state index in [1.54, 1.807) is 6.07 Å². The van der Waals surface area contributed by atoms with Crippen molar-refractivity contribution in [3.05, 3.63) is 61.3 Å². The Balaban J connectivity index is 2.34. The van der Waals surface area contributed by atoms with Gasteiger partial charge in [-0.05, 0) is 46.6 Å². The van der Waals surface area contributed by atoms with E-state index in [4.69, 9.17) is 11.6 Å². The zero-order valence-corrected chi connectivity index (χ0v) is 13.1. The Labute approximate surface area is 133 Å². The Kier molecular flexibility index (Phi) is 4.54. The number of hydrogen-bond donors (Lipinski definition) is 1. The number of carbonyl (C=O) groups excluding carboxylic acids is 1. The number of nitrogens with zero attached hydrogens (tertiary/aromatic N) is 2. The summed E-state index contributed by atoms with van der Waals surface area (Å²) < 4.78 is 0.661. The van der Waals surface area contributed by atoms with Crippen LogP contribution >= 0.6 is 27.5 Å². The number of nitrogens with one attached hydrogen (secondary N) is 1. The first kappa shape index (κ1) is 15.4. The van der Waals surface area contributed by atoms with E-state index in [9.17, 15) is 14.9 Å². The number of halogens is 2. The first-order valence-electron chi connectivity index (χ1n) is 5.76. The van der Waals surface area contributed by atoms with Crippen LogP contribution in [-0.4, -0.2) is 15.8 Å². The quantitative estimate of drug-likeness (QED) is 0.503. The van der Waals surface area contributed by atoms with Crippen molar-refractivity contribution < 1.29 is 9.72 Å². The number of rotatable bonds is 3. The van der Waals surface area contributed by atoms with E-state index in [-0.39, 0.29) is 16.3 Å². The highest BCUT2D eigenvalue weighted by atomic mass is 79.9. The minimum Gasteiger partial charge on any atom is -0.320 e. The van der Waals surface area contributed by atoms with Crippen LogP contribution < -0.4 is 5.32 Å². The van der Waals surface area contributed by atoms with E-state index in [1.807, 2.05) is 6.92 Å². The highest BCUT2D eigenvalue weighted by Gasteiger charge is 2.20. The van der Waals surface area contributed by atoms with Crippen molar-refractivity contribution >= 4 is 44.8 Å². The molecular formula is C13H9BrClN3O3. The molecule has 6 nitrogen and oxygen atoms in total. The second-order valence-electron chi connectivity index (χ2n) is 4.20. The van der Waals surface area contributed by atoms with E-state index < -0.39 is 10.8 Å². The van der Waals surface area contributed by atoms with Gasteiger partial charge in [0.1, 0.15) is 10.2 Å². The number of aryl methyl sites for hydroxylation is 1. The maximum absolute atomic E-state index is 12.2. The summed E-state index contributed by atoms with van der Waals surface area (Å²) in [6, 6.07) is 5.52. The van der Waals surface area contributed by atoms with Gasteiger partial charge in [0, 0.05) is 11.1 Å². The third kappa shape index (κ3) is 3.56. The third-order valence-electron chi connectivity index (χ3n) is 2.67. The van der Waals surface area contributed by atoms with E-state index >= 15 is 0 Å². The largest absolute Gasteiger partial charge is 0.320 e. The summed E-state index contributed by atoms with van der Waals surface area (Å²) in [6.07, 6.45) is 1.45. The Morgan fingerprint density at radius 1 is 1.43 bits per heavy atom. The zero-order chi connectivity index (χ0) is 15.6. The van der Waals surface area contributed by atoms with Gasteiger partial charge in [0.05, 0.1) is 16.8 Å². The molecule has 108 valence electrons. The molecule has 1 aromatic carbocycles. The van der Waals surface area contributed by atoms with Crippen molar-refractivity contribution in [1.82, 2.24) is 4.98 Å². The third-order valence-corrected chi connectivity index (χ3v) is 3.74. The lowest BCUT2D eigenvalue weighted by Gasteiger charge is -2.07. The minimum atomic E-state index is -0.629. The van der Waals surface area contributed by atoms with Gasteiger partial charge < -0.3 is 5.32 Å². The first-order chi connectivity index (χ1) is 9.88. The Morgan fingerprint density at radius 2 is 2.14 bits per heavy atom. The molecule has 0 bridgehead atoms. The molecule has 0 saturated carbocycles. The molecule has 8 heteroatoms. The molecule has 1 amide bonds. The topological polar surface area (TPSA) is 85.1 Å². The normalized spacial score (nSPS) is 10.2. The highest BCUT2D eigenvalue weighted by molar-refractivity contribution is 9.10. The number of hydrogen-bond acceptors (Lipinski definition) is 4. The van der Waals surface area contributed by atoms with E-state index in [0.717, 1.165) is 5.56 Å². The Bertz CT molecular complexity index is 737. The molecule has 0 aliphatic rings. The van der Waals surface area contributed by atoms with Crippen molar-refractivity contribution in [3.63, 3.8) is 0 Å². The van der Waals surface area contributed by atoms with Crippen molar-refractivity contribution in [2.75, 3.05) is 5.32 Å². The van der Waals surface area contributed by atoms with Crippen LogP contribution in [0.2, 0.25) is 5.02 Å². The SMILES string of the molecule is Cc1cc(NC(=O)c2cc(Cl)ccc2[N+](=O)[O-])cnc1Br. The fraction of sp³-hybridized carbons (Fsp3) is 0.0769. The smallest absolute Gasteiger partial charge is 0.282 e. The fourth-order valence-corrected chi connectivity index (χ4v) is 2.06. The van der Waals surface area contributed by atoms with Crippen LogP contribution in [0.3, 0.4) is 0 Å². The van der Waals surface area contributed by atoms with Crippen LogP contribution in [0.5, 0.6) is 0 Å². The molecule has 0 unspecified atom stereocenters. The van der Waals surface area contributed by atoms with Gasteiger partial charge in [0.15, 0.2) is 0 Å². The predicted molar refractivity (Wildman–Crippen MR) is 82.7 cm³/mol. The van der Waals surface area contributed by atoms with Gasteiger partial charge in [0.25, 0.3) is 11.6 Å². The predicted octanol–water partition coefficient (Wildman–Crippen LogP) is 3.97. The number of aromatic nitrogens is 1. The standard InChI is InChI=1S/C13H9BrClN3O3/c1-7-4-9(6-16-12(7)14)17-13(19)10-5-8(15)2-3-11(10)18(20)21/h2-6H,1H3,(H,17,19). The molecule has 1 N–H and O–H groups in total. The molecule has 2 rings (SSSR count). The number of anilines is 1. The van der Waals surface area contributed by atoms with Gasteiger partial charge in [-0.2, -0.15) is 0 Å². The highest BCUT2D eigenvalue weighted by Crippen LogP contribution is 2.24. The minimum absolute atomic E-state index is 0.104. The van der Waals surface area contributed by atoms with Crippen molar-refractivity contribution in [1.29, 1.82) is 0 Å². The lowest BCUT2D eigenvalue weighted by Crippen LogP contribution is -2.14. The fourth-order valence-electron chi connectivity index (χ4n) is 1.67. The summed E-state index contributed by atoms with van der Waals surface area (Å²) >= 11 is 9.04. The Morgan fingerprint density at radius 3 is 2.76 bits per heavy atom. The molecule has 0 aliphatic heterocycles. The van der Waals surface area contributed by atoms with Gasteiger partial charge >= 0.3 is 0 Å². The molecule has 1 heterocycles. The van der Waals surface area contributed by atoms with Gasteiger partial charge in [0.2, 0.25) is 0 Å². The second-order valence-corrected chi connectivity index (χ2v) is 5.39. The van der Waals surface area contributed by atoms with Crippen LogP contribution in [0.25, 0.3) is 0 Å². The number of benzene rings is 1. The molecule has 0 radical (unpaired) electrons. The average molecular weight is 371 g/mol. The van der Waals surface area contributed by atoms with Gasteiger partial charge in [-0.25, -0.2) is 4.98 Å². The second kappa shape index (κ2) is 6.19. The van der Waals surface area contributed by atoms with E-state index in [2.05, 4.69) is 26.2 Å². The van der Waals surface area contributed by atoms with Crippen molar-refractivity contribution in [2.45, 2.75) is 6.92 Å². The molecule has 21 heavy (non-hydrogen) atoms. The molecule has 0 aliphatic carbocycles. The number of carbonyl (C=O) groups is 1. The summed E-state index contributed by atoms with van der Waals surface area (Å²) in [6.45, 7) is 1.81. The summed E-state index contributed by atoms with van der Waals surface area (Å²) in [5.74, 6) is -0.618. The lowest BCUT2D eigenvalue weighted by atomic mass is 10.1. The molecule has 1 aromatic heterocycles. The summed E-state index contributed by atoms with van der Waals surface area (Å²) in [7, 11) is 0. The molecule has 2 aromatic rings. The summed E-state index contributed by atoms with van der Waals surface area (Å²) in [4.78, 5) is 26.5. The number of nitro groups is 1. The average Bonchev–Trinajstić information content (AvgIpc) is 2.42. The van der Waals surface area contributed by atoms with Crippen LogP contribution in [0.15, 0.2) is 35.1 Å². The van der Waals surface area contributed by atoms with Crippen LogP contribution in [-0.2, 0) is 0 Å². The van der Waals surface area contributed by atoms with Crippen molar-refractivity contribution in [2.24, 2.45) is 0 Å². The molecular weight excluding hydrogens is 362 g/mol. The van der Waals surface area contributed by atoms with Gasteiger partial charge in [-0.15, -0.1) is 0 Å². The maximum atomic E-state index is 12.2. The van der Waals surface area contributed by atoms with E-state index in [0.29, 0.717) is 10.3 Å². The van der Waals surface area contributed by atoms with Crippen LogP contribution in [0, 0.1) is 17.0 Å². The molecule has 0 spiro atoms. The number of nitro benzene ring substituents is 1. The summed E-state index contributed by atoms with van der Waals surface area (Å²) in [5, 5.41) is 13.8. The monoisotopic (exact) mass is 369 g/mol. The van der Waals surface area contributed by atoms with Gasteiger partial charge in [-0.1, -0.05) is 11.6 Å². The van der Waals surface area contributed by atoms with Crippen LogP contribution in [0.4, 0.5) is 11.4 Å². The molecule has 0 fully saturated rings. The number of pyridine rings is 1. The summed E-state index contributed by atoms with van der Waals surface area (Å²) in [5.41, 5.74) is 0.857. The number of amides is 1. The first-order valence-corrected chi connectivity index (χ1v) is 6.93. The van der Waals surface area contributed by atoms with Gasteiger partial charge in [-0.3, -0.25) is 14.9 Å². The maximum Gasteiger partial charge on any atom is 0.282 e. The van der Waals surface area contributed by atoms with E-state index in [1.165, 1.54) is 24.4 Å². The molecule has 0 saturated heterocycles. The van der Waals surface area contributed by atoms with Crippen LogP contribution in [0.1, 0.15) is 15.9 Å². The van der Waals surface area contributed by atoms with Crippen molar-refractivity contribution in [3.8, 4) is 0 Å². The Hall–Kier alpha value is -1.99. The zero-order valence-electron chi connectivity index (χ0n) is 10.8. The lowest BCUT2D eigenvalue weighted by molar-refractivity contribution is -0.385. The molecule has 0 atom stereocenters.